The maximum atomic E-state index is 12.9. The average Bonchev–Trinajstić information content (AvgIpc) is 3.16. The monoisotopic (exact) mass is 445 g/mol. The Labute approximate surface area is 185 Å². The van der Waals surface area contributed by atoms with Gasteiger partial charge in [0.1, 0.15) is 5.75 Å². The van der Waals surface area contributed by atoms with E-state index in [2.05, 4.69) is 10.2 Å². The van der Waals surface area contributed by atoms with E-state index in [1.807, 2.05) is 35.8 Å². The number of nitrogens with zero attached hydrogens (tertiary/aromatic N) is 3. The van der Waals surface area contributed by atoms with Crippen LogP contribution in [0.5, 0.6) is 5.75 Å². The second-order valence-corrected chi connectivity index (χ2v) is 8.41. The molecule has 0 spiro atoms. The molecule has 0 radical (unpaired) electrons. The van der Waals surface area contributed by atoms with Gasteiger partial charge in [-0.05, 0) is 61.9 Å². The van der Waals surface area contributed by atoms with Crippen LogP contribution in [0.3, 0.4) is 0 Å². The molecular formula is C22H24ClN3O3S. The summed E-state index contributed by atoms with van der Waals surface area (Å²) in [5, 5.41) is 9.80. The van der Waals surface area contributed by atoms with E-state index in [4.69, 9.17) is 21.1 Å². The summed E-state index contributed by atoms with van der Waals surface area (Å²) in [6, 6.07) is 14.6. The quantitative estimate of drug-likeness (QED) is 0.248. The van der Waals surface area contributed by atoms with Crippen molar-refractivity contribution >= 4 is 29.1 Å². The molecular weight excluding hydrogens is 422 g/mol. The highest BCUT2D eigenvalue weighted by Gasteiger charge is 2.22. The fourth-order valence-electron chi connectivity index (χ4n) is 2.96. The first-order valence-corrected chi connectivity index (χ1v) is 10.8. The van der Waals surface area contributed by atoms with Crippen LogP contribution >= 0.6 is 23.4 Å². The summed E-state index contributed by atoms with van der Waals surface area (Å²) in [6.07, 6.45) is 0.809. The third-order valence-corrected chi connectivity index (χ3v) is 5.91. The van der Waals surface area contributed by atoms with Gasteiger partial charge in [0, 0.05) is 36.4 Å². The van der Waals surface area contributed by atoms with Crippen molar-refractivity contribution in [2.24, 2.45) is 0 Å². The van der Waals surface area contributed by atoms with E-state index in [1.165, 1.54) is 11.8 Å². The number of rotatable bonds is 10. The maximum absolute atomic E-state index is 12.9. The van der Waals surface area contributed by atoms with Crippen LogP contribution in [0.15, 0.2) is 53.7 Å². The molecule has 3 aromatic rings. The van der Waals surface area contributed by atoms with Gasteiger partial charge in [-0.3, -0.25) is 4.79 Å². The number of hydrogen-bond donors (Lipinski definition) is 0. The zero-order valence-corrected chi connectivity index (χ0v) is 18.7. The van der Waals surface area contributed by atoms with Gasteiger partial charge in [0.15, 0.2) is 16.8 Å². The van der Waals surface area contributed by atoms with E-state index in [0.29, 0.717) is 28.9 Å². The van der Waals surface area contributed by atoms with Gasteiger partial charge in [0.2, 0.25) is 0 Å². The van der Waals surface area contributed by atoms with Crippen LogP contribution in [0.2, 0.25) is 5.02 Å². The van der Waals surface area contributed by atoms with E-state index in [0.717, 1.165) is 23.6 Å². The minimum atomic E-state index is -0.318. The maximum Gasteiger partial charge on any atom is 0.192 e. The lowest BCUT2D eigenvalue weighted by Gasteiger charge is -2.13. The number of carbonyl (C=O) groups excluding carboxylic acids is 1. The normalized spacial score (nSPS) is 12.0. The number of methoxy groups -OCH3 is 2. The standard InChI is InChI=1S/C22H24ClN3O3S/c1-15(20(27)16-7-11-19(29-3)12-8-16)30-22-25-24-21(26(22)13-4-14-28-2)17-5-9-18(23)10-6-17/h5-12,15H,4,13-14H2,1-3H3/t15-/m0/s1. The predicted molar refractivity (Wildman–Crippen MR) is 120 cm³/mol. The minimum Gasteiger partial charge on any atom is -0.497 e. The fourth-order valence-corrected chi connectivity index (χ4v) is 4.04. The highest BCUT2D eigenvalue weighted by molar-refractivity contribution is 8.00. The number of benzene rings is 2. The van der Waals surface area contributed by atoms with Crippen molar-refractivity contribution in [2.75, 3.05) is 20.8 Å². The van der Waals surface area contributed by atoms with Gasteiger partial charge in [-0.2, -0.15) is 0 Å². The molecule has 0 N–H and O–H groups in total. The molecule has 0 saturated carbocycles. The van der Waals surface area contributed by atoms with Crippen molar-refractivity contribution in [1.29, 1.82) is 0 Å². The third-order valence-electron chi connectivity index (χ3n) is 4.58. The van der Waals surface area contributed by atoms with Gasteiger partial charge in [-0.1, -0.05) is 23.4 Å². The molecule has 0 fully saturated rings. The fraction of sp³-hybridized carbons (Fsp3) is 0.318. The van der Waals surface area contributed by atoms with Crippen LogP contribution in [0.1, 0.15) is 23.7 Å². The summed E-state index contributed by atoms with van der Waals surface area (Å²) in [7, 11) is 3.28. The summed E-state index contributed by atoms with van der Waals surface area (Å²) < 4.78 is 12.4. The second kappa shape index (κ2) is 10.6. The molecule has 0 unspecified atom stereocenters. The molecule has 1 aromatic heterocycles. The minimum absolute atomic E-state index is 0.0298. The molecule has 0 aliphatic carbocycles. The number of halogens is 1. The molecule has 2 aromatic carbocycles. The Balaban J connectivity index is 1.82. The Morgan fingerprint density at radius 1 is 1.10 bits per heavy atom. The van der Waals surface area contributed by atoms with Crippen molar-refractivity contribution in [1.82, 2.24) is 14.8 Å². The smallest absolute Gasteiger partial charge is 0.192 e. The first-order chi connectivity index (χ1) is 14.5. The topological polar surface area (TPSA) is 66.2 Å². The lowest BCUT2D eigenvalue weighted by Crippen LogP contribution is -2.15. The van der Waals surface area contributed by atoms with Gasteiger partial charge in [0.25, 0.3) is 0 Å². The van der Waals surface area contributed by atoms with Crippen LogP contribution in [-0.4, -0.2) is 46.6 Å². The molecule has 0 aliphatic rings. The third kappa shape index (κ3) is 5.41. The Morgan fingerprint density at radius 2 is 1.80 bits per heavy atom. The van der Waals surface area contributed by atoms with Crippen molar-refractivity contribution in [2.45, 2.75) is 30.3 Å². The first kappa shape index (κ1) is 22.3. The predicted octanol–water partition coefficient (Wildman–Crippen LogP) is 5.01. The Bertz CT molecular complexity index is 974. The summed E-state index contributed by atoms with van der Waals surface area (Å²) in [5.74, 6) is 1.49. The molecule has 1 heterocycles. The number of Topliss-reactive ketones (excluding diaryl/α,β-unsaturated/α-hetero) is 1. The summed E-state index contributed by atoms with van der Waals surface area (Å²) in [6.45, 7) is 3.20. The van der Waals surface area contributed by atoms with Crippen LogP contribution in [0.4, 0.5) is 0 Å². The van der Waals surface area contributed by atoms with Gasteiger partial charge >= 0.3 is 0 Å². The highest BCUT2D eigenvalue weighted by atomic mass is 35.5. The number of carbonyl (C=O) groups is 1. The molecule has 158 valence electrons. The Hall–Kier alpha value is -2.35. The van der Waals surface area contributed by atoms with E-state index >= 15 is 0 Å². The zero-order chi connectivity index (χ0) is 21.5. The number of ether oxygens (including phenoxy) is 2. The van der Waals surface area contributed by atoms with Gasteiger partial charge in [-0.25, -0.2) is 0 Å². The zero-order valence-electron chi connectivity index (χ0n) is 17.2. The second-order valence-electron chi connectivity index (χ2n) is 6.66. The number of aromatic nitrogens is 3. The van der Waals surface area contributed by atoms with E-state index in [-0.39, 0.29) is 11.0 Å². The number of ketones is 1. The van der Waals surface area contributed by atoms with Crippen LogP contribution in [0.25, 0.3) is 11.4 Å². The molecule has 0 aliphatic heterocycles. The average molecular weight is 446 g/mol. The van der Waals surface area contributed by atoms with Gasteiger partial charge in [0.05, 0.1) is 12.4 Å². The molecule has 1 atom stereocenters. The van der Waals surface area contributed by atoms with Crippen molar-refractivity contribution in [3.05, 3.63) is 59.1 Å². The van der Waals surface area contributed by atoms with E-state index in [1.54, 1.807) is 38.5 Å². The van der Waals surface area contributed by atoms with E-state index < -0.39 is 0 Å². The number of hydrogen-bond acceptors (Lipinski definition) is 6. The van der Waals surface area contributed by atoms with Crippen LogP contribution in [-0.2, 0) is 11.3 Å². The van der Waals surface area contributed by atoms with Gasteiger partial charge < -0.3 is 14.0 Å². The van der Waals surface area contributed by atoms with E-state index in [9.17, 15) is 4.79 Å². The molecule has 0 bridgehead atoms. The molecule has 6 nitrogen and oxygen atoms in total. The van der Waals surface area contributed by atoms with Crippen LogP contribution < -0.4 is 4.74 Å². The lowest BCUT2D eigenvalue weighted by molar-refractivity contribution is 0.0993. The Morgan fingerprint density at radius 3 is 2.43 bits per heavy atom. The SMILES string of the molecule is COCCCn1c(S[C@@H](C)C(=O)c2ccc(OC)cc2)nnc1-c1ccc(Cl)cc1. The summed E-state index contributed by atoms with van der Waals surface area (Å²) >= 11 is 7.42. The number of thioether (sulfide) groups is 1. The molecule has 0 amide bonds. The molecule has 30 heavy (non-hydrogen) atoms. The Kier molecular flexibility index (Phi) is 7.90. The van der Waals surface area contributed by atoms with Crippen molar-refractivity contribution in [3.8, 4) is 17.1 Å². The molecule has 8 heteroatoms. The van der Waals surface area contributed by atoms with Crippen molar-refractivity contribution < 1.29 is 14.3 Å². The lowest BCUT2D eigenvalue weighted by atomic mass is 10.1. The highest BCUT2D eigenvalue weighted by Crippen LogP contribution is 2.29. The van der Waals surface area contributed by atoms with Crippen LogP contribution in [0, 0.1) is 0 Å². The summed E-state index contributed by atoms with van der Waals surface area (Å²) in [5.41, 5.74) is 1.56. The van der Waals surface area contributed by atoms with Gasteiger partial charge in [-0.15, -0.1) is 10.2 Å². The molecule has 0 saturated heterocycles. The largest absolute Gasteiger partial charge is 0.497 e. The molecule has 3 rings (SSSR count). The van der Waals surface area contributed by atoms with Crippen molar-refractivity contribution in [3.63, 3.8) is 0 Å². The first-order valence-electron chi connectivity index (χ1n) is 9.56. The summed E-state index contributed by atoms with van der Waals surface area (Å²) in [4.78, 5) is 12.9.